The molecule has 0 unspecified atom stereocenters. The summed E-state index contributed by atoms with van der Waals surface area (Å²) in [6, 6.07) is 1.27. The van der Waals surface area contributed by atoms with Crippen molar-refractivity contribution in [1.82, 2.24) is 0 Å². The topological polar surface area (TPSA) is 59.7 Å². The molecular weight excluding hydrogens is 248 g/mol. The Hall–Kier alpha value is -1.07. The zero-order valence-corrected chi connectivity index (χ0v) is 13.0. The third-order valence-electron chi connectivity index (χ3n) is 3.49. The van der Waals surface area contributed by atoms with Gasteiger partial charge in [-0.2, -0.15) is 0 Å². The number of hydrogen-bond donors (Lipinski definition) is 1. The molecule has 1 rings (SSSR count). The molecule has 0 spiro atoms. The fourth-order valence-electron chi connectivity index (χ4n) is 1.22. The zero-order chi connectivity index (χ0) is 14.1. The predicted molar refractivity (Wildman–Crippen MR) is 73.4 cm³/mol. The van der Waals surface area contributed by atoms with Crippen LogP contribution in [0.1, 0.15) is 32.3 Å². The van der Waals surface area contributed by atoms with Crippen molar-refractivity contribution in [3.63, 3.8) is 0 Å². The lowest BCUT2D eigenvalue weighted by atomic mass is 10.2. The van der Waals surface area contributed by atoms with E-state index in [1.807, 2.05) is 0 Å². The van der Waals surface area contributed by atoms with Gasteiger partial charge in [-0.1, -0.05) is 20.8 Å². The van der Waals surface area contributed by atoms with Crippen LogP contribution >= 0.6 is 0 Å². The summed E-state index contributed by atoms with van der Waals surface area (Å²) in [7, 11) is -1.92. The molecule has 0 aliphatic carbocycles. The van der Waals surface area contributed by atoms with Gasteiger partial charge in [0.05, 0.1) is 6.61 Å². The molecule has 0 radical (unpaired) electrons. The van der Waals surface area contributed by atoms with Crippen LogP contribution in [0.4, 0.5) is 0 Å². The third kappa shape index (κ3) is 3.23. The Morgan fingerprint density at radius 1 is 1.39 bits per heavy atom. The Balaban J connectivity index is 2.91. The lowest BCUT2D eigenvalue weighted by Gasteiger charge is -2.35. The minimum Gasteiger partial charge on any atom is -0.502 e. The van der Waals surface area contributed by atoms with E-state index in [2.05, 4.69) is 33.9 Å². The Kier molecular flexibility index (Phi) is 4.07. The van der Waals surface area contributed by atoms with Crippen LogP contribution in [-0.4, -0.2) is 13.4 Å². The monoisotopic (exact) mass is 270 g/mol. The summed E-state index contributed by atoms with van der Waals surface area (Å²) in [6.45, 7) is 12.4. The van der Waals surface area contributed by atoms with Gasteiger partial charge in [-0.25, -0.2) is 0 Å². The third-order valence-corrected chi connectivity index (χ3v) is 7.96. The molecule has 5 heteroatoms. The first-order valence-corrected chi connectivity index (χ1v) is 8.92. The van der Waals surface area contributed by atoms with E-state index in [9.17, 15) is 9.90 Å². The number of aryl methyl sites for hydroxylation is 1. The first-order chi connectivity index (χ1) is 8.04. The quantitative estimate of drug-likeness (QED) is 0.857. The van der Waals surface area contributed by atoms with E-state index in [-0.39, 0.29) is 23.2 Å². The first-order valence-electron chi connectivity index (χ1n) is 6.01. The molecule has 4 nitrogen and oxygen atoms in total. The highest BCUT2D eigenvalue weighted by atomic mass is 28.4. The second kappa shape index (κ2) is 4.89. The summed E-state index contributed by atoms with van der Waals surface area (Å²) < 4.78 is 11.3. The molecule has 18 heavy (non-hydrogen) atoms. The molecule has 1 aromatic heterocycles. The van der Waals surface area contributed by atoms with Crippen molar-refractivity contribution in [2.75, 3.05) is 0 Å². The van der Waals surface area contributed by atoms with Crippen LogP contribution in [0.15, 0.2) is 15.3 Å². The summed E-state index contributed by atoms with van der Waals surface area (Å²) in [6.07, 6.45) is 0. The molecule has 1 N–H and O–H groups in total. The van der Waals surface area contributed by atoms with Crippen LogP contribution in [0.3, 0.4) is 0 Å². The van der Waals surface area contributed by atoms with Crippen molar-refractivity contribution in [2.45, 2.75) is 52.4 Å². The lowest BCUT2D eigenvalue weighted by Crippen LogP contribution is -2.40. The van der Waals surface area contributed by atoms with Crippen LogP contribution in [0.2, 0.25) is 18.1 Å². The molecule has 102 valence electrons. The molecule has 0 amide bonds. The Labute approximate surface area is 109 Å². The summed E-state index contributed by atoms with van der Waals surface area (Å²) in [4.78, 5) is 11.4. The second-order valence-corrected chi connectivity index (χ2v) is 10.9. The van der Waals surface area contributed by atoms with Gasteiger partial charge in [-0.15, -0.1) is 0 Å². The normalized spacial score (nSPS) is 12.8. The standard InChI is InChI=1S/C13H22O4Si/c1-9-7-10(14)12(15)11(17-9)8-16-18(5,6)13(2,3)4/h7,15H,8H2,1-6H3. The summed E-state index contributed by atoms with van der Waals surface area (Å²) in [5.74, 6) is 0.343. The molecule has 0 bridgehead atoms. The van der Waals surface area contributed by atoms with Gasteiger partial charge in [-0.05, 0) is 25.1 Å². The minimum absolute atomic E-state index is 0.0761. The van der Waals surface area contributed by atoms with Crippen LogP contribution in [0, 0.1) is 6.92 Å². The molecule has 0 aromatic carbocycles. The van der Waals surface area contributed by atoms with Gasteiger partial charge in [0.1, 0.15) is 5.76 Å². The first kappa shape index (κ1) is 15.0. The van der Waals surface area contributed by atoms with Gasteiger partial charge in [0, 0.05) is 6.07 Å². The highest BCUT2D eigenvalue weighted by molar-refractivity contribution is 6.74. The van der Waals surface area contributed by atoms with E-state index < -0.39 is 13.7 Å². The minimum atomic E-state index is -1.92. The van der Waals surface area contributed by atoms with Crippen LogP contribution in [0.25, 0.3) is 0 Å². The number of aromatic hydroxyl groups is 1. The highest BCUT2D eigenvalue weighted by Gasteiger charge is 2.37. The maximum absolute atomic E-state index is 11.4. The van der Waals surface area contributed by atoms with Crippen molar-refractivity contribution < 1.29 is 13.9 Å². The summed E-state index contributed by atoms with van der Waals surface area (Å²) in [5, 5.41) is 9.73. The second-order valence-electron chi connectivity index (χ2n) is 6.04. The van der Waals surface area contributed by atoms with E-state index in [1.54, 1.807) is 6.92 Å². The van der Waals surface area contributed by atoms with Crippen LogP contribution in [-0.2, 0) is 11.0 Å². The average molecular weight is 270 g/mol. The van der Waals surface area contributed by atoms with E-state index in [0.717, 1.165) is 0 Å². The van der Waals surface area contributed by atoms with E-state index in [4.69, 9.17) is 8.84 Å². The SMILES string of the molecule is Cc1cc(=O)c(O)c(CO[Si](C)(C)C(C)(C)C)o1. The van der Waals surface area contributed by atoms with Crippen LogP contribution in [0.5, 0.6) is 5.75 Å². The van der Waals surface area contributed by atoms with E-state index in [0.29, 0.717) is 5.76 Å². The van der Waals surface area contributed by atoms with E-state index >= 15 is 0 Å². The predicted octanol–water partition coefficient (Wildman–Crippen LogP) is 3.18. The van der Waals surface area contributed by atoms with Gasteiger partial charge in [0.2, 0.25) is 11.2 Å². The molecule has 0 atom stereocenters. The summed E-state index contributed by atoms with van der Waals surface area (Å²) in [5.41, 5.74) is -0.424. The van der Waals surface area contributed by atoms with Crippen molar-refractivity contribution in [3.8, 4) is 5.75 Å². The van der Waals surface area contributed by atoms with Gasteiger partial charge in [0.25, 0.3) is 0 Å². The van der Waals surface area contributed by atoms with Crippen molar-refractivity contribution in [2.24, 2.45) is 0 Å². The lowest BCUT2D eigenvalue weighted by molar-refractivity contribution is 0.230. The maximum Gasteiger partial charge on any atom is 0.227 e. The molecule has 0 fully saturated rings. The molecule has 0 aliphatic heterocycles. The molecule has 0 saturated heterocycles. The average Bonchev–Trinajstić information content (AvgIpc) is 2.19. The molecule has 0 aliphatic rings. The Morgan fingerprint density at radius 2 is 1.94 bits per heavy atom. The van der Waals surface area contributed by atoms with Crippen LogP contribution < -0.4 is 5.43 Å². The molecule has 1 aromatic rings. The number of rotatable bonds is 3. The fourth-order valence-corrected chi connectivity index (χ4v) is 2.15. The van der Waals surface area contributed by atoms with Crippen molar-refractivity contribution in [3.05, 3.63) is 27.8 Å². The van der Waals surface area contributed by atoms with E-state index in [1.165, 1.54) is 6.07 Å². The Morgan fingerprint density at radius 3 is 2.44 bits per heavy atom. The largest absolute Gasteiger partial charge is 0.502 e. The van der Waals surface area contributed by atoms with Gasteiger partial charge < -0.3 is 13.9 Å². The van der Waals surface area contributed by atoms with Gasteiger partial charge in [0.15, 0.2) is 14.1 Å². The van der Waals surface area contributed by atoms with Crippen molar-refractivity contribution in [1.29, 1.82) is 0 Å². The van der Waals surface area contributed by atoms with Gasteiger partial charge >= 0.3 is 0 Å². The maximum atomic E-state index is 11.4. The fraction of sp³-hybridized carbons (Fsp3) is 0.615. The summed E-state index contributed by atoms with van der Waals surface area (Å²) >= 11 is 0. The van der Waals surface area contributed by atoms with Crippen molar-refractivity contribution >= 4 is 8.32 Å². The molecular formula is C13H22O4Si. The molecule has 1 heterocycles. The zero-order valence-electron chi connectivity index (χ0n) is 12.0. The smallest absolute Gasteiger partial charge is 0.227 e. The van der Waals surface area contributed by atoms with Gasteiger partial charge in [-0.3, -0.25) is 4.79 Å². The Bertz CT molecular complexity index is 483. The number of hydrogen-bond acceptors (Lipinski definition) is 4. The highest BCUT2D eigenvalue weighted by Crippen LogP contribution is 2.37. The molecule has 0 saturated carbocycles.